The lowest BCUT2D eigenvalue weighted by molar-refractivity contribution is 1.26. The smallest absolute Gasteiger partial charge is 0.163 e. The molecule has 2 aromatic heterocycles. The van der Waals surface area contributed by atoms with Crippen molar-refractivity contribution in [1.82, 2.24) is 4.98 Å². The fraction of sp³-hybridized carbons (Fsp3) is 0. The van der Waals surface area contributed by atoms with Gasteiger partial charge in [-0.05, 0) is 23.6 Å². The number of nitriles is 1. The molecule has 0 saturated heterocycles. The van der Waals surface area contributed by atoms with Crippen LogP contribution in [-0.2, 0) is 0 Å². The third-order valence-corrected chi connectivity index (χ3v) is 2.40. The Labute approximate surface area is 85.7 Å². The molecule has 0 amide bonds. The molecule has 14 heavy (non-hydrogen) atoms. The predicted molar refractivity (Wildman–Crippen MR) is 56.6 cm³/mol. The molecule has 1 N–H and O–H groups in total. The van der Waals surface area contributed by atoms with Gasteiger partial charge in [0.05, 0.1) is 5.69 Å². The summed E-state index contributed by atoms with van der Waals surface area (Å²) in [5.41, 5.74) is 2.15. The van der Waals surface area contributed by atoms with Crippen LogP contribution in [-0.4, -0.2) is 4.98 Å². The number of aromatic nitrogens is 1. The normalized spacial score (nSPS) is 9.36. The first-order valence-corrected chi connectivity index (χ1v) is 4.99. The first-order chi connectivity index (χ1) is 6.90. The van der Waals surface area contributed by atoms with Gasteiger partial charge in [-0.3, -0.25) is 0 Å². The summed E-state index contributed by atoms with van der Waals surface area (Å²) in [5.74, 6) is 0. The number of anilines is 2. The Morgan fingerprint density at radius 3 is 3.07 bits per heavy atom. The van der Waals surface area contributed by atoms with Crippen LogP contribution in [0.5, 0.6) is 0 Å². The molecule has 68 valence electrons. The van der Waals surface area contributed by atoms with E-state index in [0.717, 1.165) is 11.4 Å². The van der Waals surface area contributed by atoms with Gasteiger partial charge in [0.25, 0.3) is 0 Å². The molecule has 0 saturated carbocycles. The monoisotopic (exact) mass is 201 g/mol. The number of hydrogen-bond acceptors (Lipinski definition) is 4. The molecule has 0 atom stereocenters. The molecule has 0 spiro atoms. The SMILES string of the molecule is N#Cc1ncccc1Nc1ccsc1. The maximum Gasteiger partial charge on any atom is 0.163 e. The summed E-state index contributed by atoms with van der Waals surface area (Å²) in [5, 5.41) is 15.9. The van der Waals surface area contributed by atoms with Gasteiger partial charge in [0.2, 0.25) is 0 Å². The van der Waals surface area contributed by atoms with Crippen molar-refractivity contribution < 1.29 is 0 Å². The fourth-order valence-corrected chi connectivity index (χ4v) is 1.67. The topological polar surface area (TPSA) is 48.7 Å². The predicted octanol–water partition coefficient (Wildman–Crippen LogP) is 2.76. The molecule has 0 aliphatic heterocycles. The average Bonchev–Trinajstić information content (AvgIpc) is 2.71. The highest BCUT2D eigenvalue weighted by atomic mass is 32.1. The van der Waals surface area contributed by atoms with Gasteiger partial charge in [-0.25, -0.2) is 4.98 Å². The van der Waals surface area contributed by atoms with Crippen molar-refractivity contribution in [3.63, 3.8) is 0 Å². The quantitative estimate of drug-likeness (QED) is 0.812. The second-order valence-electron chi connectivity index (χ2n) is 2.65. The highest BCUT2D eigenvalue weighted by Gasteiger charge is 2.01. The van der Waals surface area contributed by atoms with Gasteiger partial charge in [0, 0.05) is 17.3 Å². The molecule has 0 unspecified atom stereocenters. The molecule has 4 heteroatoms. The molecule has 2 rings (SSSR count). The zero-order chi connectivity index (χ0) is 9.80. The zero-order valence-electron chi connectivity index (χ0n) is 7.27. The highest BCUT2D eigenvalue weighted by Crippen LogP contribution is 2.20. The number of nitrogens with one attached hydrogen (secondary N) is 1. The second-order valence-corrected chi connectivity index (χ2v) is 3.43. The zero-order valence-corrected chi connectivity index (χ0v) is 8.08. The van der Waals surface area contributed by atoms with E-state index in [4.69, 9.17) is 5.26 Å². The standard InChI is InChI=1S/C10H7N3S/c11-6-10-9(2-1-4-12-10)13-8-3-5-14-7-8/h1-5,7,13H. The van der Waals surface area contributed by atoms with Gasteiger partial charge in [0.1, 0.15) is 6.07 Å². The van der Waals surface area contributed by atoms with Crippen LogP contribution in [0, 0.1) is 11.3 Å². The fourth-order valence-electron chi connectivity index (χ4n) is 1.09. The lowest BCUT2D eigenvalue weighted by atomic mass is 10.3. The number of pyridine rings is 1. The number of thiophene rings is 1. The average molecular weight is 201 g/mol. The molecule has 2 heterocycles. The summed E-state index contributed by atoms with van der Waals surface area (Å²) in [6.45, 7) is 0. The Morgan fingerprint density at radius 2 is 2.36 bits per heavy atom. The van der Waals surface area contributed by atoms with Crippen molar-refractivity contribution in [3.8, 4) is 6.07 Å². The largest absolute Gasteiger partial charge is 0.352 e. The molecular weight excluding hydrogens is 194 g/mol. The molecule has 0 bridgehead atoms. The molecule has 0 radical (unpaired) electrons. The molecular formula is C10H7N3S. The summed E-state index contributed by atoms with van der Waals surface area (Å²) >= 11 is 1.61. The molecule has 2 aromatic rings. The number of nitrogens with zero attached hydrogens (tertiary/aromatic N) is 2. The van der Waals surface area contributed by atoms with Crippen LogP contribution < -0.4 is 5.32 Å². The van der Waals surface area contributed by atoms with E-state index in [1.54, 1.807) is 23.6 Å². The van der Waals surface area contributed by atoms with Crippen molar-refractivity contribution in [2.45, 2.75) is 0 Å². The molecule has 3 nitrogen and oxygen atoms in total. The van der Waals surface area contributed by atoms with Gasteiger partial charge < -0.3 is 5.32 Å². The summed E-state index contributed by atoms with van der Waals surface area (Å²) in [6.07, 6.45) is 1.61. The van der Waals surface area contributed by atoms with E-state index < -0.39 is 0 Å². The van der Waals surface area contributed by atoms with Crippen molar-refractivity contribution in [2.24, 2.45) is 0 Å². The third kappa shape index (κ3) is 1.73. The Kier molecular flexibility index (Phi) is 2.43. The van der Waals surface area contributed by atoms with E-state index in [9.17, 15) is 0 Å². The maximum atomic E-state index is 8.80. The van der Waals surface area contributed by atoms with Crippen molar-refractivity contribution in [2.75, 3.05) is 5.32 Å². The summed E-state index contributed by atoms with van der Waals surface area (Å²) in [6, 6.07) is 7.63. The van der Waals surface area contributed by atoms with E-state index in [0.29, 0.717) is 5.69 Å². The second kappa shape index (κ2) is 3.90. The van der Waals surface area contributed by atoms with Crippen molar-refractivity contribution in [3.05, 3.63) is 40.8 Å². The lowest BCUT2D eigenvalue weighted by Gasteiger charge is -2.03. The maximum absolute atomic E-state index is 8.80. The molecule has 0 aromatic carbocycles. The molecule has 0 aliphatic carbocycles. The number of rotatable bonds is 2. The van der Waals surface area contributed by atoms with Crippen LogP contribution in [0.2, 0.25) is 0 Å². The van der Waals surface area contributed by atoms with Crippen LogP contribution in [0.25, 0.3) is 0 Å². The van der Waals surface area contributed by atoms with Crippen LogP contribution in [0.4, 0.5) is 11.4 Å². The Balaban J connectivity index is 2.30. The Bertz CT molecular complexity index is 456. The Morgan fingerprint density at radius 1 is 1.43 bits per heavy atom. The first-order valence-electron chi connectivity index (χ1n) is 4.04. The third-order valence-electron chi connectivity index (χ3n) is 1.71. The summed E-state index contributed by atoms with van der Waals surface area (Å²) in [7, 11) is 0. The molecule has 0 fully saturated rings. The van der Waals surface area contributed by atoms with E-state index >= 15 is 0 Å². The summed E-state index contributed by atoms with van der Waals surface area (Å²) in [4.78, 5) is 3.96. The number of hydrogen-bond donors (Lipinski definition) is 1. The van der Waals surface area contributed by atoms with Crippen molar-refractivity contribution in [1.29, 1.82) is 5.26 Å². The summed E-state index contributed by atoms with van der Waals surface area (Å²) < 4.78 is 0. The lowest BCUT2D eigenvalue weighted by Crippen LogP contribution is -1.93. The van der Waals surface area contributed by atoms with Gasteiger partial charge in [0.15, 0.2) is 5.69 Å². The molecule has 0 aliphatic rings. The van der Waals surface area contributed by atoms with Crippen molar-refractivity contribution >= 4 is 22.7 Å². The minimum Gasteiger partial charge on any atom is -0.352 e. The van der Waals surface area contributed by atoms with Crippen LogP contribution >= 0.6 is 11.3 Å². The first kappa shape index (κ1) is 8.73. The van der Waals surface area contributed by atoms with E-state index in [2.05, 4.69) is 10.3 Å². The van der Waals surface area contributed by atoms with Gasteiger partial charge in [-0.2, -0.15) is 16.6 Å². The van der Waals surface area contributed by atoms with Crippen LogP contribution in [0.3, 0.4) is 0 Å². The van der Waals surface area contributed by atoms with Crippen LogP contribution in [0.1, 0.15) is 5.69 Å². The minimum atomic E-state index is 0.415. The highest BCUT2D eigenvalue weighted by molar-refractivity contribution is 7.08. The van der Waals surface area contributed by atoms with Gasteiger partial charge in [-0.1, -0.05) is 0 Å². The van der Waals surface area contributed by atoms with E-state index in [1.807, 2.05) is 29.0 Å². The van der Waals surface area contributed by atoms with Crippen LogP contribution in [0.15, 0.2) is 35.2 Å². The van der Waals surface area contributed by atoms with E-state index in [1.165, 1.54) is 0 Å². The van der Waals surface area contributed by atoms with Gasteiger partial charge in [-0.15, -0.1) is 0 Å². The van der Waals surface area contributed by atoms with Gasteiger partial charge >= 0.3 is 0 Å². The Hall–Kier alpha value is -1.86. The minimum absolute atomic E-state index is 0.415. The van der Waals surface area contributed by atoms with E-state index in [-0.39, 0.29) is 0 Å².